The maximum atomic E-state index is 12.7. The summed E-state index contributed by atoms with van der Waals surface area (Å²) < 4.78 is 0. The van der Waals surface area contributed by atoms with Crippen LogP contribution in [0.5, 0.6) is 0 Å². The number of pyridine rings is 1. The van der Waals surface area contributed by atoms with Gasteiger partial charge in [-0.3, -0.25) is 9.78 Å². The van der Waals surface area contributed by atoms with Crippen molar-refractivity contribution < 1.29 is 4.79 Å². The van der Waals surface area contributed by atoms with E-state index < -0.39 is 0 Å². The molecule has 4 rings (SSSR count). The summed E-state index contributed by atoms with van der Waals surface area (Å²) in [7, 11) is 1.77. The second-order valence-corrected chi connectivity index (χ2v) is 8.50. The molecule has 3 N–H and O–H groups in total. The number of rotatable bonds is 7. The molecule has 0 spiro atoms. The van der Waals surface area contributed by atoms with Gasteiger partial charge in [0, 0.05) is 48.5 Å². The summed E-state index contributed by atoms with van der Waals surface area (Å²) >= 11 is 6.22. The molecule has 3 aromatic rings. The summed E-state index contributed by atoms with van der Waals surface area (Å²) in [6.45, 7) is 7.40. The van der Waals surface area contributed by atoms with Crippen LogP contribution in [-0.2, 0) is 11.3 Å². The van der Waals surface area contributed by atoms with E-state index in [2.05, 4.69) is 40.7 Å². The summed E-state index contributed by atoms with van der Waals surface area (Å²) in [6.07, 6.45) is 6.63. The molecule has 0 radical (unpaired) electrons. The zero-order valence-electron chi connectivity index (χ0n) is 18.8. The van der Waals surface area contributed by atoms with Crippen LogP contribution in [0.1, 0.15) is 31.2 Å². The molecule has 0 unspecified atom stereocenters. The lowest BCUT2D eigenvalue weighted by molar-refractivity contribution is -0.126. The number of nitrogens with zero attached hydrogens (tertiary/aromatic N) is 5. The van der Waals surface area contributed by atoms with Crippen LogP contribution >= 0.6 is 11.6 Å². The zero-order valence-corrected chi connectivity index (χ0v) is 19.5. The van der Waals surface area contributed by atoms with Gasteiger partial charge in [-0.05, 0) is 49.4 Å². The van der Waals surface area contributed by atoms with E-state index in [9.17, 15) is 4.79 Å². The number of anilines is 2. The second-order valence-electron chi connectivity index (χ2n) is 8.10. The molecule has 0 aliphatic heterocycles. The Kier molecular flexibility index (Phi) is 7.50. The molecule has 0 atom stereocenters. The first kappa shape index (κ1) is 23.4. The molecule has 1 aromatic carbocycles. The number of nitrogens with one attached hydrogen (secondary N) is 3. The molecule has 174 valence electrons. The van der Waals surface area contributed by atoms with Crippen molar-refractivity contribution in [3.8, 4) is 11.4 Å². The number of halogens is 1. The Morgan fingerprint density at radius 3 is 2.62 bits per heavy atom. The minimum absolute atomic E-state index is 0.0280. The Morgan fingerprint density at radius 2 is 1.94 bits per heavy atom. The van der Waals surface area contributed by atoms with Crippen molar-refractivity contribution in [1.82, 2.24) is 25.3 Å². The number of carbonyl (C=O) groups excluding carboxylic acids is 1. The van der Waals surface area contributed by atoms with Crippen molar-refractivity contribution in [2.75, 3.05) is 17.7 Å². The Labute approximate surface area is 203 Å². The van der Waals surface area contributed by atoms with Gasteiger partial charge in [0.2, 0.25) is 17.8 Å². The molecule has 1 aliphatic rings. The van der Waals surface area contributed by atoms with Gasteiger partial charge in [0.25, 0.3) is 0 Å². The molecule has 0 saturated heterocycles. The van der Waals surface area contributed by atoms with E-state index in [1.54, 1.807) is 37.6 Å². The van der Waals surface area contributed by atoms with Crippen LogP contribution < -0.4 is 16.0 Å². The van der Waals surface area contributed by atoms with Gasteiger partial charge < -0.3 is 16.0 Å². The lowest BCUT2D eigenvalue weighted by Crippen LogP contribution is -2.36. The third-order valence-corrected chi connectivity index (χ3v) is 6.18. The van der Waals surface area contributed by atoms with Gasteiger partial charge in [0.1, 0.15) is 0 Å². The van der Waals surface area contributed by atoms with Gasteiger partial charge in [-0.1, -0.05) is 23.7 Å². The van der Waals surface area contributed by atoms with Gasteiger partial charge in [-0.2, -0.15) is 15.0 Å². The molecular formula is C24H25ClN8O. The second kappa shape index (κ2) is 10.9. The molecule has 0 bridgehead atoms. The van der Waals surface area contributed by atoms with Crippen LogP contribution in [-0.4, -0.2) is 38.9 Å². The fourth-order valence-electron chi connectivity index (χ4n) is 3.93. The van der Waals surface area contributed by atoms with Crippen LogP contribution in [0, 0.1) is 12.5 Å². The van der Waals surface area contributed by atoms with Crippen molar-refractivity contribution >= 4 is 35.1 Å². The topological polar surface area (TPSA) is 109 Å². The van der Waals surface area contributed by atoms with Crippen molar-refractivity contribution in [1.29, 1.82) is 0 Å². The molecular weight excluding hydrogens is 452 g/mol. The maximum Gasteiger partial charge on any atom is 0.228 e. The standard InChI is InChI=1S/C24H25ClN8O/c1-26-19-10-7-16(20(25)12-19)14-29-22(34)15-5-8-18(9-6-15)30-24-32-21(31-23(27-2)33-24)17-4-3-11-28-13-17/h3-4,7,10-13,15,18H,5-6,8-9,14H2,2H3,(H,29,34)(H2,27,30,31,32,33). The highest BCUT2D eigenvalue weighted by Gasteiger charge is 2.27. The van der Waals surface area contributed by atoms with E-state index in [-0.39, 0.29) is 17.9 Å². The van der Waals surface area contributed by atoms with Crippen LogP contribution in [0.25, 0.3) is 16.2 Å². The largest absolute Gasteiger partial charge is 0.357 e. The number of amides is 1. The minimum Gasteiger partial charge on any atom is -0.357 e. The Hall–Kier alpha value is -3.77. The molecule has 1 aliphatic carbocycles. The fraction of sp³-hybridized carbons (Fsp3) is 0.333. The predicted molar refractivity (Wildman–Crippen MR) is 132 cm³/mol. The Morgan fingerprint density at radius 1 is 1.15 bits per heavy atom. The number of hydrogen-bond donors (Lipinski definition) is 3. The first-order chi connectivity index (χ1) is 16.6. The van der Waals surface area contributed by atoms with Gasteiger partial charge in [0.15, 0.2) is 11.5 Å². The first-order valence-electron chi connectivity index (χ1n) is 11.1. The Bertz CT molecular complexity index is 1190. The number of hydrogen-bond acceptors (Lipinski definition) is 7. The lowest BCUT2D eigenvalue weighted by atomic mass is 9.85. The van der Waals surface area contributed by atoms with Gasteiger partial charge in [-0.15, -0.1) is 0 Å². The summed E-state index contributed by atoms with van der Waals surface area (Å²) in [5, 5.41) is 9.86. The summed E-state index contributed by atoms with van der Waals surface area (Å²) in [5.41, 5.74) is 2.10. The maximum absolute atomic E-state index is 12.7. The summed E-state index contributed by atoms with van der Waals surface area (Å²) in [5.74, 6) is 1.51. The van der Waals surface area contributed by atoms with Crippen LogP contribution in [0.3, 0.4) is 0 Å². The third-order valence-electron chi connectivity index (χ3n) is 5.83. The molecule has 2 heterocycles. The summed E-state index contributed by atoms with van der Waals surface area (Å²) in [6, 6.07) is 9.03. The van der Waals surface area contributed by atoms with E-state index in [0.717, 1.165) is 36.8 Å². The van der Waals surface area contributed by atoms with E-state index in [0.29, 0.717) is 35.0 Å². The van der Waals surface area contributed by atoms with E-state index in [1.165, 1.54) is 0 Å². The van der Waals surface area contributed by atoms with Crippen LogP contribution in [0.2, 0.25) is 5.02 Å². The highest BCUT2D eigenvalue weighted by Crippen LogP contribution is 2.28. The molecule has 1 fully saturated rings. The minimum atomic E-state index is -0.0449. The molecule has 34 heavy (non-hydrogen) atoms. The average molecular weight is 477 g/mol. The van der Waals surface area contributed by atoms with Crippen molar-refractivity contribution in [3.63, 3.8) is 0 Å². The molecule has 2 aromatic heterocycles. The molecule has 1 saturated carbocycles. The van der Waals surface area contributed by atoms with Crippen LogP contribution in [0.4, 0.5) is 17.6 Å². The monoisotopic (exact) mass is 476 g/mol. The average Bonchev–Trinajstić information content (AvgIpc) is 2.88. The SMILES string of the molecule is [C-]#[N+]c1ccc(CNC(=O)C2CCC(Nc3nc(NC)nc(-c4cccnc4)n3)CC2)c(Cl)c1. The van der Waals surface area contributed by atoms with Gasteiger partial charge >= 0.3 is 0 Å². The normalized spacial score (nSPS) is 17.4. The van der Waals surface area contributed by atoms with Crippen molar-refractivity contribution in [2.24, 2.45) is 5.92 Å². The van der Waals surface area contributed by atoms with Crippen LogP contribution in [0.15, 0.2) is 42.7 Å². The van der Waals surface area contributed by atoms with E-state index in [4.69, 9.17) is 18.2 Å². The number of benzene rings is 1. The van der Waals surface area contributed by atoms with Crippen molar-refractivity contribution in [3.05, 3.63) is 64.7 Å². The van der Waals surface area contributed by atoms with E-state index in [1.807, 2.05) is 12.1 Å². The highest BCUT2D eigenvalue weighted by molar-refractivity contribution is 6.31. The van der Waals surface area contributed by atoms with E-state index >= 15 is 0 Å². The zero-order chi connectivity index (χ0) is 23.9. The third kappa shape index (κ3) is 5.77. The highest BCUT2D eigenvalue weighted by atomic mass is 35.5. The van der Waals surface area contributed by atoms with Gasteiger partial charge in [-0.25, -0.2) is 4.85 Å². The fourth-order valence-corrected chi connectivity index (χ4v) is 4.18. The first-order valence-corrected chi connectivity index (χ1v) is 11.5. The Balaban J connectivity index is 1.32. The smallest absolute Gasteiger partial charge is 0.228 e. The molecule has 1 amide bonds. The van der Waals surface area contributed by atoms with Crippen molar-refractivity contribution in [2.45, 2.75) is 38.3 Å². The lowest BCUT2D eigenvalue weighted by Gasteiger charge is -2.28. The summed E-state index contributed by atoms with van der Waals surface area (Å²) in [4.78, 5) is 33.6. The predicted octanol–water partition coefficient (Wildman–Crippen LogP) is 4.47. The van der Waals surface area contributed by atoms with Gasteiger partial charge in [0.05, 0.1) is 6.57 Å². The number of aromatic nitrogens is 4. The molecule has 10 heteroatoms. The quantitative estimate of drug-likeness (QED) is 0.432. The number of carbonyl (C=O) groups is 1. The molecule has 9 nitrogen and oxygen atoms in total.